The number of carbonyl (C=O) groups is 1. The topological polar surface area (TPSA) is 90.9 Å². The molecule has 3 rings (SSSR count). The molecular formula is C21H26N4O3S. The van der Waals surface area contributed by atoms with Crippen molar-refractivity contribution in [1.29, 1.82) is 0 Å². The fraction of sp³-hybridized carbons (Fsp3) is 0.333. The van der Waals surface area contributed by atoms with Gasteiger partial charge in [-0.2, -0.15) is 0 Å². The largest absolute Gasteiger partial charge is 0.325 e. The quantitative estimate of drug-likeness (QED) is 0.695. The lowest BCUT2D eigenvalue weighted by atomic mass is 10.2. The number of rotatable bonds is 8. The molecule has 1 amide bonds. The van der Waals surface area contributed by atoms with Gasteiger partial charge in [0.25, 0.3) is 10.0 Å². The molecule has 1 heterocycles. The Hall–Kier alpha value is -2.71. The van der Waals surface area contributed by atoms with Crippen LogP contribution in [0.5, 0.6) is 0 Å². The van der Waals surface area contributed by atoms with Gasteiger partial charge in [0, 0.05) is 25.2 Å². The van der Waals surface area contributed by atoms with E-state index in [2.05, 4.69) is 15.0 Å². The first kappa shape index (κ1) is 21.0. The second kappa shape index (κ2) is 9.67. The molecule has 29 heavy (non-hydrogen) atoms. The lowest BCUT2D eigenvalue weighted by molar-refractivity contribution is -0.117. The van der Waals surface area contributed by atoms with E-state index in [0.717, 1.165) is 18.5 Å². The van der Waals surface area contributed by atoms with Gasteiger partial charge in [0.1, 0.15) is 5.84 Å². The first-order valence-electron chi connectivity index (χ1n) is 9.68. The SMILES string of the molecule is CCN(CC(=O)Nc1cccc(S(=O)(=O)NC2=NCCC2)c1)Cc1ccccc1. The predicted octanol–water partition coefficient (Wildman–Crippen LogP) is 2.62. The van der Waals surface area contributed by atoms with Crippen molar-refractivity contribution < 1.29 is 13.2 Å². The lowest BCUT2D eigenvalue weighted by Gasteiger charge is -2.20. The monoisotopic (exact) mass is 414 g/mol. The summed E-state index contributed by atoms with van der Waals surface area (Å²) in [5.41, 5.74) is 1.58. The predicted molar refractivity (Wildman–Crippen MR) is 114 cm³/mol. The molecule has 0 atom stereocenters. The Labute approximate surface area is 171 Å². The molecule has 154 valence electrons. The first-order chi connectivity index (χ1) is 14.0. The van der Waals surface area contributed by atoms with Crippen LogP contribution >= 0.6 is 0 Å². The van der Waals surface area contributed by atoms with Crippen LogP contribution in [0.25, 0.3) is 0 Å². The van der Waals surface area contributed by atoms with Gasteiger partial charge in [0.15, 0.2) is 0 Å². The number of anilines is 1. The summed E-state index contributed by atoms with van der Waals surface area (Å²) in [4.78, 5) is 18.7. The van der Waals surface area contributed by atoms with Crippen LogP contribution in [0.2, 0.25) is 0 Å². The van der Waals surface area contributed by atoms with Crippen LogP contribution < -0.4 is 10.0 Å². The van der Waals surface area contributed by atoms with Gasteiger partial charge in [-0.25, -0.2) is 8.42 Å². The minimum absolute atomic E-state index is 0.0986. The highest BCUT2D eigenvalue weighted by atomic mass is 32.2. The lowest BCUT2D eigenvalue weighted by Crippen LogP contribution is -2.33. The number of nitrogens with zero attached hydrogens (tertiary/aromatic N) is 2. The van der Waals surface area contributed by atoms with Gasteiger partial charge in [-0.15, -0.1) is 0 Å². The molecule has 0 spiro atoms. The van der Waals surface area contributed by atoms with Crippen molar-refractivity contribution in [3.63, 3.8) is 0 Å². The number of aliphatic imine (C=N–C) groups is 1. The number of amidine groups is 1. The third kappa shape index (κ3) is 6.13. The summed E-state index contributed by atoms with van der Waals surface area (Å²) in [6.07, 6.45) is 1.48. The van der Waals surface area contributed by atoms with Crippen LogP contribution in [0.15, 0.2) is 64.5 Å². The number of sulfonamides is 1. The van der Waals surface area contributed by atoms with Crippen LogP contribution in [-0.2, 0) is 21.4 Å². The summed E-state index contributed by atoms with van der Waals surface area (Å²) in [5.74, 6) is 0.296. The molecule has 2 aromatic carbocycles. The Balaban J connectivity index is 1.62. The smallest absolute Gasteiger partial charge is 0.262 e. The third-order valence-electron chi connectivity index (χ3n) is 4.62. The van der Waals surface area contributed by atoms with E-state index in [1.54, 1.807) is 12.1 Å². The van der Waals surface area contributed by atoms with Crippen molar-refractivity contribution in [1.82, 2.24) is 9.62 Å². The molecule has 0 aromatic heterocycles. The summed E-state index contributed by atoms with van der Waals surface area (Å²) >= 11 is 0. The second-order valence-corrected chi connectivity index (χ2v) is 8.58. The maximum absolute atomic E-state index is 12.5. The van der Waals surface area contributed by atoms with E-state index in [4.69, 9.17) is 0 Å². The molecule has 0 bridgehead atoms. The first-order valence-corrected chi connectivity index (χ1v) is 11.2. The zero-order chi connectivity index (χ0) is 20.7. The average Bonchev–Trinajstić information content (AvgIpc) is 3.20. The van der Waals surface area contributed by atoms with Gasteiger partial charge in [-0.3, -0.25) is 19.4 Å². The maximum Gasteiger partial charge on any atom is 0.262 e. The number of benzene rings is 2. The molecule has 0 unspecified atom stereocenters. The highest BCUT2D eigenvalue weighted by Gasteiger charge is 2.19. The molecule has 0 radical (unpaired) electrons. The van der Waals surface area contributed by atoms with Gasteiger partial charge in [0.05, 0.1) is 11.4 Å². The van der Waals surface area contributed by atoms with E-state index < -0.39 is 10.0 Å². The Morgan fingerprint density at radius 1 is 1.14 bits per heavy atom. The number of carbonyl (C=O) groups excluding carboxylic acids is 1. The average molecular weight is 415 g/mol. The Morgan fingerprint density at radius 3 is 2.62 bits per heavy atom. The molecule has 1 aliphatic rings. The highest BCUT2D eigenvalue weighted by Crippen LogP contribution is 2.16. The van der Waals surface area contributed by atoms with Gasteiger partial charge < -0.3 is 5.32 Å². The fourth-order valence-corrected chi connectivity index (χ4v) is 4.24. The minimum atomic E-state index is -3.71. The summed E-state index contributed by atoms with van der Waals surface area (Å²) < 4.78 is 27.6. The number of likely N-dealkylation sites (N-methyl/N-ethyl adjacent to an activating group) is 1. The molecule has 0 saturated carbocycles. The van der Waals surface area contributed by atoms with Crippen molar-refractivity contribution in [3.8, 4) is 0 Å². The van der Waals surface area contributed by atoms with Gasteiger partial charge >= 0.3 is 0 Å². The van der Waals surface area contributed by atoms with Crippen LogP contribution in [0.4, 0.5) is 5.69 Å². The zero-order valence-electron chi connectivity index (χ0n) is 16.5. The van der Waals surface area contributed by atoms with E-state index in [9.17, 15) is 13.2 Å². The van der Waals surface area contributed by atoms with E-state index in [1.165, 1.54) is 12.1 Å². The molecule has 0 fully saturated rings. The molecule has 8 heteroatoms. The summed E-state index contributed by atoms with van der Waals surface area (Å²) in [7, 11) is -3.71. The van der Waals surface area contributed by atoms with E-state index in [-0.39, 0.29) is 17.3 Å². The molecular weight excluding hydrogens is 388 g/mol. The van der Waals surface area contributed by atoms with Crippen LogP contribution in [-0.4, -0.2) is 44.7 Å². The van der Waals surface area contributed by atoms with E-state index in [0.29, 0.717) is 31.0 Å². The van der Waals surface area contributed by atoms with Crippen LogP contribution in [0.3, 0.4) is 0 Å². The Morgan fingerprint density at radius 2 is 1.93 bits per heavy atom. The van der Waals surface area contributed by atoms with E-state index in [1.807, 2.05) is 42.2 Å². The van der Waals surface area contributed by atoms with Crippen molar-refractivity contribution in [2.24, 2.45) is 4.99 Å². The third-order valence-corrected chi connectivity index (χ3v) is 6.00. The number of hydrogen-bond acceptors (Lipinski definition) is 5. The molecule has 1 aliphatic heterocycles. The minimum Gasteiger partial charge on any atom is -0.325 e. The van der Waals surface area contributed by atoms with Crippen molar-refractivity contribution in [3.05, 3.63) is 60.2 Å². The van der Waals surface area contributed by atoms with Crippen LogP contribution in [0.1, 0.15) is 25.3 Å². The standard InChI is InChI=1S/C21H26N4O3S/c1-2-25(15-17-8-4-3-5-9-17)16-21(26)23-18-10-6-11-19(14-18)29(27,28)24-20-12-7-13-22-20/h3-6,8-11,14H,2,7,12-13,15-16H2,1H3,(H,22,24)(H,23,26). The molecule has 2 aromatic rings. The number of nitrogens with one attached hydrogen (secondary N) is 2. The van der Waals surface area contributed by atoms with Gasteiger partial charge in [-0.1, -0.05) is 43.3 Å². The summed E-state index contributed by atoms with van der Waals surface area (Å²) in [6, 6.07) is 16.2. The summed E-state index contributed by atoms with van der Waals surface area (Å²) in [6.45, 7) is 4.26. The van der Waals surface area contributed by atoms with Gasteiger partial charge in [-0.05, 0) is 36.7 Å². The maximum atomic E-state index is 12.5. The Kier molecular flexibility index (Phi) is 7.00. The molecule has 7 nitrogen and oxygen atoms in total. The van der Waals surface area contributed by atoms with Crippen molar-refractivity contribution in [2.75, 3.05) is 25.0 Å². The van der Waals surface area contributed by atoms with Crippen molar-refractivity contribution >= 4 is 27.5 Å². The summed E-state index contributed by atoms with van der Waals surface area (Å²) in [5, 5.41) is 2.80. The molecule has 2 N–H and O–H groups in total. The van der Waals surface area contributed by atoms with E-state index >= 15 is 0 Å². The second-order valence-electron chi connectivity index (χ2n) is 6.90. The van der Waals surface area contributed by atoms with Crippen LogP contribution in [0, 0.1) is 0 Å². The number of hydrogen-bond donors (Lipinski definition) is 2. The number of amides is 1. The normalized spacial score (nSPS) is 13.9. The molecule has 0 aliphatic carbocycles. The highest BCUT2D eigenvalue weighted by molar-refractivity contribution is 7.90. The zero-order valence-corrected chi connectivity index (χ0v) is 17.3. The Bertz CT molecular complexity index is 974. The van der Waals surface area contributed by atoms with Gasteiger partial charge in [0.2, 0.25) is 5.91 Å². The molecule has 0 saturated heterocycles. The fourth-order valence-electron chi connectivity index (χ4n) is 3.10. The van der Waals surface area contributed by atoms with Crippen molar-refractivity contribution in [2.45, 2.75) is 31.2 Å².